The molecule has 1 rings (SSSR count). The van der Waals surface area contributed by atoms with E-state index in [9.17, 15) is 4.79 Å². The number of thioether (sulfide) groups is 1. The third-order valence-corrected chi connectivity index (χ3v) is 3.77. The van der Waals surface area contributed by atoms with E-state index >= 15 is 0 Å². The third kappa shape index (κ3) is 5.64. The number of alkyl halides is 1. The van der Waals surface area contributed by atoms with Crippen molar-refractivity contribution in [1.29, 1.82) is 0 Å². The van der Waals surface area contributed by atoms with E-state index in [-0.39, 0.29) is 11.2 Å². The molecular weight excluding hydrogens is 234 g/mol. The zero-order valence-electron chi connectivity index (χ0n) is 8.84. The van der Waals surface area contributed by atoms with Crippen molar-refractivity contribution >= 4 is 29.3 Å². The number of amides is 1. The molecule has 88 valence electrons. The molecule has 0 aromatic carbocycles. The summed E-state index contributed by atoms with van der Waals surface area (Å²) in [5, 5.41) is 3.04. The van der Waals surface area contributed by atoms with Crippen LogP contribution in [0, 0.1) is 0 Å². The van der Waals surface area contributed by atoms with Crippen LogP contribution in [0.3, 0.4) is 0 Å². The van der Waals surface area contributed by atoms with Crippen LogP contribution in [-0.4, -0.2) is 42.5 Å². The lowest BCUT2D eigenvalue weighted by Gasteiger charge is -2.20. The first kappa shape index (κ1) is 13.1. The summed E-state index contributed by atoms with van der Waals surface area (Å²) in [7, 11) is 0. The Morgan fingerprint density at radius 3 is 3.00 bits per heavy atom. The smallest absolute Gasteiger partial charge is 0.233 e. The first-order chi connectivity index (χ1) is 7.34. The van der Waals surface area contributed by atoms with E-state index in [1.165, 1.54) is 12.8 Å². The van der Waals surface area contributed by atoms with Gasteiger partial charge in [0.25, 0.3) is 0 Å². The summed E-state index contributed by atoms with van der Waals surface area (Å²) >= 11 is 7.21. The molecule has 5 heteroatoms. The summed E-state index contributed by atoms with van der Waals surface area (Å²) in [5.74, 6) is 1.78. The van der Waals surface area contributed by atoms with Crippen LogP contribution in [0.1, 0.15) is 19.3 Å². The van der Waals surface area contributed by atoms with Gasteiger partial charge in [0.05, 0.1) is 18.5 Å². The predicted molar refractivity (Wildman–Crippen MR) is 64.6 cm³/mol. The Balaban J connectivity index is 2.02. The van der Waals surface area contributed by atoms with Gasteiger partial charge in [0.2, 0.25) is 5.91 Å². The largest absolute Gasteiger partial charge is 0.378 e. The third-order valence-electron chi connectivity index (χ3n) is 2.24. The van der Waals surface area contributed by atoms with Gasteiger partial charge < -0.3 is 10.1 Å². The van der Waals surface area contributed by atoms with Crippen LogP contribution in [0.15, 0.2) is 0 Å². The molecule has 3 nitrogen and oxygen atoms in total. The average Bonchev–Trinajstić information content (AvgIpc) is 2.30. The molecule has 1 aliphatic rings. The van der Waals surface area contributed by atoms with Crippen LogP contribution >= 0.6 is 23.4 Å². The van der Waals surface area contributed by atoms with Crippen molar-refractivity contribution in [3.05, 3.63) is 0 Å². The second-order valence-electron chi connectivity index (χ2n) is 3.45. The first-order valence-corrected chi connectivity index (χ1v) is 6.96. The van der Waals surface area contributed by atoms with Crippen LogP contribution < -0.4 is 5.32 Å². The Morgan fingerprint density at radius 2 is 2.33 bits per heavy atom. The minimum Gasteiger partial charge on any atom is -0.378 e. The molecule has 0 aromatic rings. The fourth-order valence-corrected chi connectivity index (χ4v) is 2.80. The maximum atomic E-state index is 11.6. The highest BCUT2D eigenvalue weighted by Gasteiger charge is 2.20. The summed E-state index contributed by atoms with van der Waals surface area (Å²) in [6, 6.07) is 0. The molecule has 0 saturated carbocycles. The minimum atomic E-state index is 0.159. The molecule has 1 aliphatic heterocycles. The van der Waals surface area contributed by atoms with E-state index in [2.05, 4.69) is 5.32 Å². The topological polar surface area (TPSA) is 38.3 Å². The van der Waals surface area contributed by atoms with Crippen LogP contribution in [-0.2, 0) is 9.53 Å². The molecule has 1 N–H and O–H groups in total. The molecule has 0 radical (unpaired) electrons. The van der Waals surface area contributed by atoms with Gasteiger partial charge in [0, 0.05) is 12.4 Å². The van der Waals surface area contributed by atoms with Gasteiger partial charge in [0.1, 0.15) is 0 Å². The molecule has 15 heavy (non-hydrogen) atoms. The average molecular weight is 252 g/mol. The Bertz CT molecular complexity index is 186. The van der Waals surface area contributed by atoms with Crippen molar-refractivity contribution in [2.45, 2.75) is 24.5 Å². The number of carbonyl (C=O) groups excluding carboxylic acids is 1. The van der Waals surface area contributed by atoms with E-state index in [1.807, 2.05) is 0 Å². The van der Waals surface area contributed by atoms with Crippen LogP contribution in [0.25, 0.3) is 0 Å². The van der Waals surface area contributed by atoms with Gasteiger partial charge in [-0.05, 0) is 18.6 Å². The fourth-order valence-electron chi connectivity index (χ4n) is 1.46. The highest BCUT2D eigenvalue weighted by molar-refractivity contribution is 8.00. The van der Waals surface area contributed by atoms with Gasteiger partial charge in [-0.25, -0.2) is 0 Å². The molecule has 0 bridgehead atoms. The van der Waals surface area contributed by atoms with Gasteiger partial charge in [-0.2, -0.15) is 0 Å². The number of nitrogens with one attached hydrogen (secondary N) is 1. The number of halogens is 1. The molecule has 0 aliphatic carbocycles. The quantitative estimate of drug-likeness (QED) is 0.576. The minimum absolute atomic E-state index is 0.159. The zero-order chi connectivity index (χ0) is 10.9. The van der Waals surface area contributed by atoms with Gasteiger partial charge in [-0.15, -0.1) is 23.4 Å². The number of carbonyl (C=O) groups is 1. The van der Waals surface area contributed by atoms with Crippen molar-refractivity contribution in [3.63, 3.8) is 0 Å². The van der Waals surface area contributed by atoms with Crippen molar-refractivity contribution in [2.24, 2.45) is 0 Å². The summed E-state index contributed by atoms with van der Waals surface area (Å²) < 4.78 is 5.17. The highest BCUT2D eigenvalue weighted by atomic mass is 35.5. The molecular formula is C10H18ClNO2S. The standard InChI is InChI=1S/C10H18ClNO2S/c11-4-6-14-7-5-12-10(13)9-3-1-2-8-15-9/h9H,1-8H2,(H,12,13). The first-order valence-electron chi connectivity index (χ1n) is 5.37. The van der Waals surface area contributed by atoms with Crippen molar-refractivity contribution in [3.8, 4) is 0 Å². The lowest BCUT2D eigenvalue weighted by molar-refractivity contribution is -0.120. The molecule has 0 aromatic heterocycles. The number of ether oxygens (including phenoxy) is 1. The van der Waals surface area contributed by atoms with E-state index in [1.54, 1.807) is 11.8 Å². The number of hydrogen-bond donors (Lipinski definition) is 1. The Labute approximate surface area is 100 Å². The van der Waals surface area contributed by atoms with E-state index in [0.29, 0.717) is 25.6 Å². The monoisotopic (exact) mass is 251 g/mol. The maximum absolute atomic E-state index is 11.6. The maximum Gasteiger partial charge on any atom is 0.233 e. The Morgan fingerprint density at radius 1 is 1.47 bits per heavy atom. The summed E-state index contributed by atoms with van der Waals surface area (Å²) in [6.07, 6.45) is 3.43. The second-order valence-corrected chi connectivity index (χ2v) is 5.14. The lowest BCUT2D eigenvalue weighted by atomic mass is 10.2. The summed E-state index contributed by atoms with van der Waals surface area (Å²) in [4.78, 5) is 11.6. The molecule has 1 saturated heterocycles. The SMILES string of the molecule is O=C(NCCOCCCl)C1CCCCS1. The Kier molecular flexibility index (Phi) is 7.22. The van der Waals surface area contributed by atoms with Gasteiger partial charge >= 0.3 is 0 Å². The predicted octanol–water partition coefficient (Wildman–Crippen LogP) is 1.64. The van der Waals surface area contributed by atoms with Crippen LogP contribution in [0.4, 0.5) is 0 Å². The van der Waals surface area contributed by atoms with E-state index in [0.717, 1.165) is 12.2 Å². The van der Waals surface area contributed by atoms with Crippen LogP contribution in [0.5, 0.6) is 0 Å². The van der Waals surface area contributed by atoms with Gasteiger partial charge in [-0.3, -0.25) is 4.79 Å². The Hall–Kier alpha value is 0.0700. The molecule has 1 atom stereocenters. The summed E-state index contributed by atoms with van der Waals surface area (Å²) in [5.41, 5.74) is 0. The van der Waals surface area contributed by atoms with E-state index in [4.69, 9.17) is 16.3 Å². The van der Waals surface area contributed by atoms with Crippen molar-refractivity contribution in [2.75, 3.05) is 31.4 Å². The van der Waals surface area contributed by atoms with Gasteiger partial charge in [0.15, 0.2) is 0 Å². The van der Waals surface area contributed by atoms with Crippen molar-refractivity contribution in [1.82, 2.24) is 5.32 Å². The highest BCUT2D eigenvalue weighted by Crippen LogP contribution is 2.24. The lowest BCUT2D eigenvalue weighted by Crippen LogP contribution is -2.36. The molecule has 0 spiro atoms. The second kappa shape index (κ2) is 8.25. The zero-order valence-corrected chi connectivity index (χ0v) is 10.4. The molecule has 1 fully saturated rings. The molecule has 1 unspecified atom stereocenters. The number of hydrogen-bond acceptors (Lipinski definition) is 3. The van der Waals surface area contributed by atoms with Crippen molar-refractivity contribution < 1.29 is 9.53 Å². The van der Waals surface area contributed by atoms with Crippen LogP contribution in [0.2, 0.25) is 0 Å². The fraction of sp³-hybridized carbons (Fsp3) is 0.900. The number of rotatable bonds is 6. The summed E-state index contributed by atoms with van der Waals surface area (Å²) in [6.45, 7) is 1.69. The normalized spacial score (nSPS) is 21.3. The van der Waals surface area contributed by atoms with Gasteiger partial charge in [-0.1, -0.05) is 6.42 Å². The van der Waals surface area contributed by atoms with E-state index < -0.39 is 0 Å². The molecule has 1 amide bonds. The molecule has 1 heterocycles.